The fraction of sp³-hybridized carbons (Fsp3) is 0.500. The van der Waals surface area contributed by atoms with Gasteiger partial charge in [-0.25, -0.2) is 0 Å². The Morgan fingerprint density at radius 3 is 2.92 bits per heavy atom. The summed E-state index contributed by atoms with van der Waals surface area (Å²) in [5, 5.41) is 4.47. The first kappa shape index (κ1) is 16.7. The molecule has 1 aliphatic rings. The van der Waals surface area contributed by atoms with Crippen LogP contribution in [-0.2, 0) is 13.5 Å². The van der Waals surface area contributed by atoms with E-state index in [4.69, 9.17) is 0 Å². The van der Waals surface area contributed by atoms with Crippen molar-refractivity contribution in [2.24, 2.45) is 7.05 Å². The van der Waals surface area contributed by atoms with Crippen molar-refractivity contribution in [1.29, 1.82) is 0 Å². The zero-order chi connectivity index (χ0) is 17.1. The van der Waals surface area contributed by atoms with Crippen molar-refractivity contribution in [2.75, 3.05) is 13.1 Å². The van der Waals surface area contributed by atoms with Crippen molar-refractivity contribution < 1.29 is 4.79 Å². The van der Waals surface area contributed by atoms with Crippen LogP contribution in [0, 0.1) is 6.92 Å². The first-order valence-electron chi connectivity index (χ1n) is 8.97. The van der Waals surface area contributed by atoms with E-state index in [1.807, 2.05) is 18.0 Å². The van der Waals surface area contributed by atoms with E-state index in [1.165, 1.54) is 11.1 Å². The molecule has 4 heteroatoms. The largest absolute Gasteiger partial charge is 0.337 e. The molecule has 24 heavy (non-hydrogen) atoms. The molecule has 128 valence electrons. The fourth-order valence-electron chi connectivity index (χ4n) is 3.62. The van der Waals surface area contributed by atoms with E-state index >= 15 is 0 Å². The topological polar surface area (TPSA) is 38.1 Å². The first-order valence-corrected chi connectivity index (χ1v) is 8.97. The molecule has 2 aromatic rings. The van der Waals surface area contributed by atoms with Gasteiger partial charge in [0.1, 0.15) is 5.69 Å². The third kappa shape index (κ3) is 3.53. The lowest BCUT2D eigenvalue weighted by atomic mass is 9.89. The standard InChI is InChI=1S/C20H27N3O/c1-4-7-18-13-19(22(3)21-18)20(24)23-11-6-10-17(14-23)16-9-5-8-15(2)12-16/h5,8-9,12-13,17H,4,6-7,10-11,14H2,1-3H3. The summed E-state index contributed by atoms with van der Waals surface area (Å²) in [4.78, 5) is 15.0. The van der Waals surface area contributed by atoms with Gasteiger partial charge >= 0.3 is 0 Å². The highest BCUT2D eigenvalue weighted by Gasteiger charge is 2.27. The summed E-state index contributed by atoms with van der Waals surface area (Å²) in [5.74, 6) is 0.552. The molecular weight excluding hydrogens is 298 g/mol. The van der Waals surface area contributed by atoms with Gasteiger partial charge in [-0.15, -0.1) is 0 Å². The number of hydrogen-bond acceptors (Lipinski definition) is 2. The quantitative estimate of drug-likeness (QED) is 0.859. The molecule has 4 nitrogen and oxygen atoms in total. The number of rotatable bonds is 4. The number of carbonyl (C=O) groups excluding carboxylic acids is 1. The van der Waals surface area contributed by atoms with Gasteiger partial charge in [0, 0.05) is 26.1 Å². The molecule has 0 bridgehead atoms. The van der Waals surface area contributed by atoms with E-state index < -0.39 is 0 Å². The fourth-order valence-corrected chi connectivity index (χ4v) is 3.62. The Morgan fingerprint density at radius 2 is 2.17 bits per heavy atom. The third-order valence-corrected chi connectivity index (χ3v) is 4.88. The zero-order valence-corrected chi connectivity index (χ0v) is 15.0. The van der Waals surface area contributed by atoms with Crippen molar-refractivity contribution in [3.8, 4) is 0 Å². The van der Waals surface area contributed by atoms with Crippen LogP contribution < -0.4 is 0 Å². The van der Waals surface area contributed by atoms with Gasteiger partial charge in [-0.2, -0.15) is 5.10 Å². The minimum absolute atomic E-state index is 0.115. The predicted octanol–water partition coefficient (Wildman–Crippen LogP) is 3.70. The minimum Gasteiger partial charge on any atom is -0.337 e. The van der Waals surface area contributed by atoms with Crippen LogP contribution in [0.4, 0.5) is 0 Å². The normalized spacial score (nSPS) is 18.0. The van der Waals surface area contributed by atoms with Gasteiger partial charge in [-0.05, 0) is 37.8 Å². The van der Waals surface area contributed by atoms with Crippen molar-refractivity contribution in [1.82, 2.24) is 14.7 Å². The average Bonchev–Trinajstić information content (AvgIpc) is 2.95. The molecule has 2 heterocycles. The lowest BCUT2D eigenvalue weighted by Crippen LogP contribution is -2.39. The lowest BCUT2D eigenvalue weighted by Gasteiger charge is -2.33. The monoisotopic (exact) mass is 325 g/mol. The number of piperidine rings is 1. The lowest BCUT2D eigenvalue weighted by molar-refractivity contribution is 0.0696. The number of nitrogens with zero attached hydrogens (tertiary/aromatic N) is 3. The number of aryl methyl sites for hydroxylation is 3. The van der Waals surface area contributed by atoms with Gasteiger partial charge in [-0.1, -0.05) is 43.2 Å². The summed E-state index contributed by atoms with van der Waals surface area (Å²) in [7, 11) is 1.87. The molecule has 1 aromatic heterocycles. The molecule has 0 aliphatic carbocycles. The van der Waals surface area contributed by atoms with Crippen molar-refractivity contribution in [2.45, 2.75) is 45.4 Å². The summed E-state index contributed by atoms with van der Waals surface area (Å²) < 4.78 is 1.74. The number of hydrogen-bond donors (Lipinski definition) is 0. The van der Waals surface area contributed by atoms with E-state index in [0.29, 0.717) is 11.6 Å². The molecule has 0 spiro atoms. The number of benzene rings is 1. The van der Waals surface area contributed by atoms with Gasteiger partial charge < -0.3 is 4.90 Å². The Labute approximate surface area is 144 Å². The van der Waals surface area contributed by atoms with E-state index in [-0.39, 0.29) is 5.91 Å². The molecule has 1 aromatic carbocycles. The highest BCUT2D eigenvalue weighted by molar-refractivity contribution is 5.92. The predicted molar refractivity (Wildman–Crippen MR) is 96.3 cm³/mol. The molecule has 0 saturated carbocycles. The van der Waals surface area contributed by atoms with Crippen LogP contribution in [0.3, 0.4) is 0 Å². The van der Waals surface area contributed by atoms with Gasteiger partial charge in [0.2, 0.25) is 0 Å². The Bertz CT molecular complexity index is 719. The van der Waals surface area contributed by atoms with Crippen molar-refractivity contribution in [3.63, 3.8) is 0 Å². The summed E-state index contributed by atoms with van der Waals surface area (Å²) in [6.45, 7) is 5.90. The van der Waals surface area contributed by atoms with Crippen LogP contribution in [0.25, 0.3) is 0 Å². The molecule has 1 unspecified atom stereocenters. The highest BCUT2D eigenvalue weighted by Crippen LogP contribution is 2.28. The molecule has 3 rings (SSSR count). The Hall–Kier alpha value is -2.10. The number of amides is 1. The maximum absolute atomic E-state index is 12.9. The highest BCUT2D eigenvalue weighted by atomic mass is 16.2. The Kier molecular flexibility index (Phi) is 5.03. The number of likely N-dealkylation sites (tertiary alicyclic amines) is 1. The maximum Gasteiger partial charge on any atom is 0.272 e. The van der Waals surface area contributed by atoms with Crippen LogP contribution in [0.1, 0.15) is 59.4 Å². The van der Waals surface area contributed by atoms with Crippen LogP contribution >= 0.6 is 0 Å². The van der Waals surface area contributed by atoms with Crippen LogP contribution in [0.15, 0.2) is 30.3 Å². The van der Waals surface area contributed by atoms with Crippen molar-refractivity contribution in [3.05, 3.63) is 52.8 Å². The summed E-state index contributed by atoms with van der Waals surface area (Å²) >= 11 is 0. The molecule has 1 amide bonds. The molecule has 1 aliphatic heterocycles. The summed E-state index contributed by atoms with van der Waals surface area (Å²) in [5.41, 5.74) is 4.36. The van der Waals surface area contributed by atoms with Crippen LogP contribution in [-0.4, -0.2) is 33.7 Å². The zero-order valence-electron chi connectivity index (χ0n) is 15.0. The van der Waals surface area contributed by atoms with Crippen molar-refractivity contribution >= 4 is 5.91 Å². The van der Waals surface area contributed by atoms with E-state index in [9.17, 15) is 4.79 Å². The SMILES string of the molecule is CCCc1cc(C(=O)N2CCCC(c3cccc(C)c3)C2)n(C)n1. The molecule has 1 atom stereocenters. The van der Waals surface area contributed by atoms with E-state index in [0.717, 1.165) is 44.5 Å². The second-order valence-corrected chi connectivity index (χ2v) is 6.90. The molecule has 1 saturated heterocycles. The average molecular weight is 325 g/mol. The second-order valence-electron chi connectivity index (χ2n) is 6.90. The summed E-state index contributed by atoms with van der Waals surface area (Å²) in [6, 6.07) is 10.6. The first-order chi connectivity index (χ1) is 11.6. The Morgan fingerprint density at radius 1 is 1.33 bits per heavy atom. The van der Waals surface area contributed by atoms with Crippen LogP contribution in [0.5, 0.6) is 0 Å². The van der Waals surface area contributed by atoms with Gasteiger partial charge in [0.25, 0.3) is 5.91 Å². The van der Waals surface area contributed by atoms with Gasteiger partial charge in [-0.3, -0.25) is 9.48 Å². The summed E-state index contributed by atoms with van der Waals surface area (Å²) in [6.07, 6.45) is 4.18. The molecule has 1 fully saturated rings. The number of aromatic nitrogens is 2. The van der Waals surface area contributed by atoms with Gasteiger partial charge in [0.15, 0.2) is 0 Å². The van der Waals surface area contributed by atoms with Gasteiger partial charge in [0.05, 0.1) is 5.69 Å². The molecule has 0 radical (unpaired) electrons. The minimum atomic E-state index is 0.115. The second kappa shape index (κ2) is 7.20. The third-order valence-electron chi connectivity index (χ3n) is 4.88. The number of carbonyl (C=O) groups is 1. The smallest absolute Gasteiger partial charge is 0.272 e. The maximum atomic E-state index is 12.9. The molecule has 0 N–H and O–H groups in total. The van der Waals surface area contributed by atoms with E-state index in [2.05, 4.69) is 43.2 Å². The molecular formula is C20H27N3O. The Balaban J connectivity index is 1.75. The van der Waals surface area contributed by atoms with E-state index in [1.54, 1.807) is 4.68 Å². The van der Waals surface area contributed by atoms with Crippen LogP contribution in [0.2, 0.25) is 0 Å².